The Kier molecular flexibility index (Phi) is 4.08. The molecule has 0 bridgehead atoms. The van der Waals surface area contributed by atoms with E-state index in [2.05, 4.69) is 22.0 Å². The number of benzene rings is 2. The molecule has 4 heteroatoms. The standard InChI is InChI=1S/C15H12BrNO2/c1-10-3-6-14(15(7-10)18-2)19-12-5-4-11(9-17)13(16)8-12/h3-8H,1-2H3. The lowest BCUT2D eigenvalue weighted by atomic mass is 10.2. The van der Waals surface area contributed by atoms with Crippen LogP contribution < -0.4 is 9.47 Å². The van der Waals surface area contributed by atoms with E-state index in [1.54, 1.807) is 25.3 Å². The van der Waals surface area contributed by atoms with Gasteiger partial charge in [0.25, 0.3) is 0 Å². The molecule has 2 aromatic rings. The van der Waals surface area contributed by atoms with Crippen LogP contribution in [-0.4, -0.2) is 7.11 Å². The molecule has 19 heavy (non-hydrogen) atoms. The van der Waals surface area contributed by atoms with Crippen LogP contribution in [0.4, 0.5) is 0 Å². The summed E-state index contributed by atoms with van der Waals surface area (Å²) in [4.78, 5) is 0. The van der Waals surface area contributed by atoms with Gasteiger partial charge in [-0.3, -0.25) is 0 Å². The predicted octanol–water partition coefficient (Wildman–Crippen LogP) is 4.43. The Labute approximate surface area is 120 Å². The number of hydrogen-bond donors (Lipinski definition) is 0. The maximum absolute atomic E-state index is 8.87. The van der Waals surface area contributed by atoms with Gasteiger partial charge in [-0.1, -0.05) is 6.07 Å². The summed E-state index contributed by atoms with van der Waals surface area (Å²) < 4.78 is 11.8. The lowest BCUT2D eigenvalue weighted by molar-refractivity contribution is 0.378. The molecule has 2 aromatic carbocycles. The number of nitrogens with zero attached hydrogens (tertiary/aromatic N) is 1. The molecular weight excluding hydrogens is 306 g/mol. The molecule has 0 fully saturated rings. The van der Waals surface area contributed by atoms with Crippen molar-refractivity contribution >= 4 is 15.9 Å². The second-order valence-corrected chi connectivity index (χ2v) is 4.86. The number of halogens is 1. The van der Waals surface area contributed by atoms with E-state index in [1.165, 1.54) is 0 Å². The highest BCUT2D eigenvalue weighted by molar-refractivity contribution is 9.10. The topological polar surface area (TPSA) is 42.2 Å². The van der Waals surface area contributed by atoms with Crippen LogP contribution in [0.3, 0.4) is 0 Å². The second-order valence-electron chi connectivity index (χ2n) is 4.01. The van der Waals surface area contributed by atoms with Gasteiger partial charge in [0.1, 0.15) is 11.8 Å². The average molecular weight is 318 g/mol. The van der Waals surface area contributed by atoms with Crippen LogP contribution in [0, 0.1) is 18.3 Å². The molecule has 0 aliphatic rings. The Morgan fingerprint density at radius 2 is 1.89 bits per heavy atom. The van der Waals surface area contributed by atoms with E-state index in [0.717, 1.165) is 5.56 Å². The number of nitriles is 1. The Bertz CT molecular complexity index is 647. The van der Waals surface area contributed by atoms with Crippen LogP contribution >= 0.6 is 15.9 Å². The third-order valence-electron chi connectivity index (χ3n) is 2.61. The van der Waals surface area contributed by atoms with Crippen molar-refractivity contribution in [1.29, 1.82) is 5.26 Å². The van der Waals surface area contributed by atoms with E-state index in [-0.39, 0.29) is 0 Å². The molecule has 0 spiro atoms. The summed E-state index contributed by atoms with van der Waals surface area (Å²) in [6.45, 7) is 1.99. The van der Waals surface area contributed by atoms with Gasteiger partial charge in [-0.25, -0.2) is 0 Å². The molecule has 0 aromatic heterocycles. The van der Waals surface area contributed by atoms with Gasteiger partial charge in [0.05, 0.1) is 12.7 Å². The van der Waals surface area contributed by atoms with Crippen molar-refractivity contribution in [3.63, 3.8) is 0 Å². The highest BCUT2D eigenvalue weighted by Gasteiger charge is 2.07. The molecule has 0 unspecified atom stereocenters. The first-order chi connectivity index (χ1) is 9.13. The van der Waals surface area contributed by atoms with E-state index >= 15 is 0 Å². The van der Waals surface area contributed by atoms with Crippen molar-refractivity contribution in [1.82, 2.24) is 0 Å². The molecule has 3 nitrogen and oxygen atoms in total. The van der Waals surface area contributed by atoms with Crippen LogP contribution in [-0.2, 0) is 0 Å². The fraction of sp³-hybridized carbons (Fsp3) is 0.133. The first-order valence-electron chi connectivity index (χ1n) is 5.66. The maximum atomic E-state index is 8.87. The third-order valence-corrected chi connectivity index (χ3v) is 3.26. The first-order valence-corrected chi connectivity index (χ1v) is 6.45. The Morgan fingerprint density at radius 3 is 2.53 bits per heavy atom. The summed E-state index contributed by atoms with van der Waals surface area (Å²) >= 11 is 3.33. The zero-order valence-corrected chi connectivity index (χ0v) is 12.2. The summed E-state index contributed by atoms with van der Waals surface area (Å²) in [5, 5.41) is 8.87. The van der Waals surface area contributed by atoms with E-state index in [0.29, 0.717) is 27.3 Å². The van der Waals surface area contributed by atoms with E-state index in [4.69, 9.17) is 14.7 Å². The van der Waals surface area contributed by atoms with Gasteiger partial charge in [-0.15, -0.1) is 0 Å². The minimum absolute atomic E-state index is 0.572. The summed E-state index contributed by atoms with van der Waals surface area (Å²) in [6, 6.07) is 13.0. The predicted molar refractivity (Wildman–Crippen MR) is 76.7 cm³/mol. The smallest absolute Gasteiger partial charge is 0.169 e. The molecule has 0 radical (unpaired) electrons. The monoisotopic (exact) mass is 317 g/mol. The largest absolute Gasteiger partial charge is 0.493 e. The molecule has 96 valence electrons. The Morgan fingerprint density at radius 1 is 1.11 bits per heavy atom. The lowest BCUT2D eigenvalue weighted by Crippen LogP contribution is -1.91. The van der Waals surface area contributed by atoms with E-state index in [1.807, 2.05) is 25.1 Å². The third kappa shape index (κ3) is 3.07. The van der Waals surface area contributed by atoms with Crippen molar-refractivity contribution < 1.29 is 9.47 Å². The highest BCUT2D eigenvalue weighted by Crippen LogP contribution is 2.33. The number of hydrogen-bond acceptors (Lipinski definition) is 3. The molecule has 0 heterocycles. The summed E-state index contributed by atoms with van der Waals surface area (Å²) in [7, 11) is 1.61. The van der Waals surface area contributed by atoms with Crippen LogP contribution in [0.2, 0.25) is 0 Å². The normalized spacial score (nSPS) is 9.79. The van der Waals surface area contributed by atoms with Gasteiger partial charge < -0.3 is 9.47 Å². The van der Waals surface area contributed by atoms with Gasteiger partial charge in [-0.2, -0.15) is 5.26 Å². The van der Waals surface area contributed by atoms with Crippen LogP contribution in [0.5, 0.6) is 17.2 Å². The van der Waals surface area contributed by atoms with E-state index < -0.39 is 0 Å². The van der Waals surface area contributed by atoms with Crippen molar-refractivity contribution in [3.8, 4) is 23.3 Å². The van der Waals surface area contributed by atoms with Crippen molar-refractivity contribution in [2.24, 2.45) is 0 Å². The summed E-state index contributed by atoms with van der Waals surface area (Å²) in [5.74, 6) is 1.97. The molecule has 0 aliphatic carbocycles. The lowest BCUT2D eigenvalue weighted by Gasteiger charge is -2.11. The van der Waals surface area contributed by atoms with Crippen molar-refractivity contribution in [3.05, 3.63) is 52.0 Å². The molecule has 0 aliphatic heterocycles. The summed E-state index contributed by atoms with van der Waals surface area (Å²) in [5.41, 5.74) is 1.67. The van der Waals surface area contributed by atoms with Crippen LogP contribution in [0.1, 0.15) is 11.1 Å². The van der Waals surface area contributed by atoms with Crippen molar-refractivity contribution in [2.75, 3.05) is 7.11 Å². The minimum Gasteiger partial charge on any atom is -0.493 e. The van der Waals surface area contributed by atoms with Crippen molar-refractivity contribution in [2.45, 2.75) is 6.92 Å². The average Bonchev–Trinajstić information content (AvgIpc) is 2.41. The summed E-state index contributed by atoms with van der Waals surface area (Å²) in [6.07, 6.45) is 0. The van der Waals surface area contributed by atoms with Gasteiger partial charge in [0, 0.05) is 4.47 Å². The molecule has 2 rings (SSSR count). The molecular formula is C15H12BrNO2. The quantitative estimate of drug-likeness (QED) is 0.841. The Balaban J connectivity index is 2.31. The SMILES string of the molecule is COc1cc(C)ccc1Oc1ccc(C#N)c(Br)c1. The highest BCUT2D eigenvalue weighted by atomic mass is 79.9. The van der Waals surface area contributed by atoms with Crippen LogP contribution in [0.25, 0.3) is 0 Å². The van der Waals surface area contributed by atoms with E-state index in [9.17, 15) is 0 Å². The number of aryl methyl sites for hydroxylation is 1. The maximum Gasteiger partial charge on any atom is 0.169 e. The number of ether oxygens (including phenoxy) is 2. The van der Waals surface area contributed by atoms with Gasteiger partial charge in [0.15, 0.2) is 11.5 Å². The fourth-order valence-corrected chi connectivity index (χ4v) is 2.08. The van der Waals surface area contributed by atoms with Gasteiger partial charge >= 0.3 is 0 Å². The van der Waals surface area contributed by atoms with Gasteiger partial charge in [0.2, 0.25) is 0 Å². The molecule has 0 atom stereocenters. The van der Waals surface area contributed by atoms with Crippen LogP contribution in [0.15, 0.2) is 40.9 Å². The molecule has 0 N–H and O–H groups in total. The number of methoxy groups -OCH3 is 1. The fourth-order valence-electron chi connectivity index (χ4n) is 1.64. The first kappa shape index (κ1) is 13.4. The zero-order valence-electron chi connectivity index (χ0n) is 10.6. The second kappa shape index (κ2) is 5.77. The number of rotatable bonds is 3. The van der Waals surface area contributed by atoms with Gasteiger partial charge in [-0.05, 0) is 58.7 Å². The minimum atomic E-state index is 0.572. The molecule has 0 saturated heterocycles. The molecule has 0 amide bonds. The zero-order chi connectivity index (χ0) is 13.8. The molecule has 0 saturated carbocycles. The Hall–Kier alpha value is -1.99.